The zero-order valence-electron chi connectivity index (χ0n) is 8.05. The lowest BCUT2D eigenvalue weighted by atomic mass is 9.91. The van der Waals surface area contributed by atoms with Crippen molar-refractivity contribution in [2.75, 3.05) is 11.5 Å². The van der Waals surface area contributed by atoms with Crippen LogP contribution in [0, 0.1) is 5.92 Å². The van der Waals surface area contributed by atoms with Gasteiger partial charge < -0.3 is 0 Å². The van der Waals surface area contributed by atoms with E-state index < -0.39 is 10.8 Å². The van der Waals surface area contributed by atoms with Crippen LogP contribution in [-0.4, -0.2) is 15.7 Å². The zero-order valence-corrected chi connectivity index (χ0v) is 8.87. The lowest BCUT2D eigenvalue weighted by Gasteiger charge is -2.20. The predicted octanol–water partition coefficient (Wildman–Crippen LogP) is 2.73. The quantitative estimate of drug-likeness (QED) is 0.663. The van der Waals surface area contributed by atoms with Gasteiger partial charge in [-0.05, 0) is 25.2 Å². The highest BCUT2D eigenvalue weighted by molar-refractivity contribution is 7.84. The van der Waals surface area contributed by atoms with Gasteiger partial charge >= 0.3 is 0 Å². The lowest BCUT2D eigenvalue weighted by Crippen LogP contribution is -2.16. The molecule has 1 aliphatic rings. The van der Waals surface area contributed by atoms with E-state index in [9.17, 15) is 4.21 Å². The molecule has 12 heavy (non-hydrogen) atoms. The molecule has 1 fully saturated rings. The molecule has 1 unspecified atom stereocenters. The minimum atomic E-state index is -0.518. The van der Waals surface area contributed by atoms with E-state index in [4.69, 9.17) is 0 Å². The Morgan fingerprint density at radius 2 is 1.92 bits per heavy atom. The molecular weight excluding hydrogens is 168 g/mol. The van der Waals surface area contributed by atoms with Crippen LogP contribution in [0.3, 0.4) is 0 Å². The van der Waals surface area contributed by atoms with Crippen LogP contribution in [0.5, 0.6) is 0 Å². The van der Waals surface area contributed by atoms with Gasteiger partial charge in [-0.15, -0.1) is 0 Å². The molecule has 0 spiro atoms. The van der Waals surface area contributed by atoms with Gasteiger partial charge in [0.1, 0.15) is 0 Å². The molecule has 0 amide bonds. The van der Waals surface area contributed by atoms with Crippen LogP contribution in [0.1, 0.15) is 45.4 Å². The maximum atomic E-state index is 11.4. The topological polar surface area (TPSA) is 17.1 Å². The first-order valence-electron chi connectivity index (χ1n) is 5.18. The second kappa shape index (κ2) is 5.74. The fourth-order valence-corrected chi connectivity index (χ4v) is 3.41. The maximum absolute atomic E-state index is 11.4. The van der Waals surface area contributed by atoms with E-state index in [1.54, 1.807) is 0 Å². The number of rotatable bonds is 4. The summed E-state index contributed by atoms with van der Waals surface area (Å²) in [5.74, 6) is 2.68. The van der Waals surface area contributed by atoms with Gasteiger partial charge in [-0.1, -0.05) is 26.2 Å². The van der Waals surface area contributed by atoms with Crippen LogP contribution in [-0.2, 0) is 10.8 Å². The molecule has 0 aromatic carbocycles. The minimum Gasteiger partial charge on any atom is -0.260 e. The highest BCUT2D eigenvalue weighted by Gasteiger charge is 2.15. The molecule has 0 saturated heterocycles. The van der Waals surface area contributed by atoms with Crippen molar-refractivity contribution in [1.82, 2.24) is 0 Å². The van der Waals surface area contributed by atoms with E-state index in [-0.39, 0.29) is 0 Å². The summed E-state index contributed by atoms with van der Waals surface area (Å²) in [6, 6.07) is 0. The molecule has 1 nitrogen and oxygen atoms in total. The summed E-state index contributed by atoms with van der Waals surface area (Å²) in [6.07, 6.45) is 7.86. The second-order valence-electron chi connectivity index (χ2n) is 3.81. The summed E-state index contributed by atoms with van der Waals surface area (Å²) in [6.45, 7) is 2.11. The second-order valence-corrected chi connectivity index (χ2v) is 5.44. The number of hydrogen-bond acceptors (Lipinski definition) is 1. The minimum absolute atomic E-state index is 0.518. The van der Waals surface area contributed by atoms with Gasteiger partial charge in [0.15, 0.2) is 0 Å². The summed E-state index contributed by atoms with van der Waals surface area (Å²) in [7, 11) is -0.518. The molecule has 1 saturated carbocycles. The third-order valence-electron chi connectivity index (χ3n) is 2.58. The van der Waals surface area contributed by atoms with Crippen molar-refractivity contribution in [1.29, 1.82) is 0 Å². The average Bonchev–Trinajstić information content (AvgIpc) is 2.06. The van der Waals surface area contributed by atoms with E-state index >= 15 is 0 Å². The summed E-state index contributed by atoms with van der Waals surface area (Å²) >= 11 is 0. The first-order valence-corrected chi connectivity index (χ1v) is 6.66. The molecule has 72 valence electrons. The molecule has 0 aliphatic heterocycles. The molecule has 0 aromatic heterocycles. The third-order valence-corrected chi connectivity index (χ3v) is 4.28. The lowest BCUT2D eigenvalue weighted by molar-refractivity contribution is 0.388. The molecular formula is C10H20OS. The Balaban J connectivity index is 2.15. The van der Waals surface area contributed by atoms with E-state index in [1.807, 2.05) is 0 Å². The Labute approximate surface area is 78.4 Å². The van der Waals surface area contributed by atoms with Crippen LogP contribution in [0.25, 0.3) is 0 Å². The fourth-order valence-electron chi connectivity index (χ4n) is 1.93. The molecule has 0 heterocycles. The molecule has 0 radical (unpaired) electrons. The van der Waals surface area contributed by atoms with Gasteiger partial charge in [0, 0.05) is 22.3 Å². The Morgan fingerprint density at radius 1 is 1.25 bits per heavy atom. The highest BCUT2D eigenvalue weighted by atomic mass is 32.2. The highest BCUT2D eigenvalue weighted by Crippen LogP contribution is 2.24. The summed E-state index contributed by atoms with van der Waals surface area (Å²) < 4.78 is 11.4. The predicted molar refractivity (Wildman–Crippen MR) is 54.7 cm³/mol. The normalized spacial score (nSPS) is 22.4. The van der Waals surface area contributed by atoms with Gasteiger partial charge in [0.25, 0.3) is 0 Å². The molecule has 0 bridgehead atoms. The van der Waals surface area contributed by atoms with Gasteiger partial charge in [-0.2, -0.15) is 0 Å². The largest absolute Gasteiger partial charge is 0.260 e. The average molecular weight is 188 g/mol. The fraction of sp³-hybridized carbons (Fsp3) is 1.00. The first kappa shape index (κ1) is 10.2. The van der Waals surface area contributed by atoms with Crippen LogP contribution < -0.4 is 0 Å². The van der Waals surface area contributed by atoms with E-state index in [0.29, 0.717) is 0 Å². The SMILES string of the molecule is CCCS(=O)CC1CCCCC1. The van der Waals surface area contributed by atoms with Crippen LogP contribution >= 0.6 is 0 Å². The molecule has 0 aromatic rings. The molecule has 1 aliphatic carbocycles. The van der Waals surface area contributed by atoms with E-state index in [2.05, 4.69) is 6.92 Å². The Kier molecular flexibility index (Phi) is 4.89. The van der Waals surface area contributed by atoms with Crippen molar-refractivity contribution in [3.63, 3.8) is 0 Å². The molecule has 1 atom stereocenters. The van der Waals surface area contributed by atoms with E-state index in [0.717, 1.165) is 23.8 Å². The molecule has 2 heteroatoms. The Bertz CT molecular complexity index is 139. The number of hydrogen-bond donors (Lipinski definition) is 0. The smallest absolute Gasteiger partial charge is 0.0263 e. The molecule has 1 rings (SSSR count). The summed E-state index contributed by atoms with van der Waals surface area (Å²) in [5.41, 5.74) is 0. The first-order chi connectivity index (χ1) is 5.83. The van der Waals surface area contributed by atoms with Crippen molar-refractivity contribution in [2.45, 2.75) is 45.4 Å². The Hall–Kier alpha value is 0.150. The van der Waals surface area contributed by atoms with Gasteiger partial charge in [0.2, 0.25) is 0 Å². The van der Waals surface area contributed by atoms with Crippen LogP contribution in [0.4, 0.5) is 0 Å². The Morgan fingerprint density at radius 3 is 2.50 bits per heavy atom. The summed E-state index contributed by atoms with van der Waals surface area (Å²) in [4.78, 5) is 0. The van der Waals surface area contributed by atoms with Gasteiger partial charge in [-0.25, -0.2) is 0 Å². The van der Waals surface area contributed by atoms with Gasteiger partial charge in [-0.3, -0.25) is 4.21 Å². The van der Waals surface area contributed by atoms with Gasteiger partial charge in [0.05, 0.1) is 0 Å². The maximum Gasteiger partial charge on any atom is 0.0263 e. The monoisotopic (exact) mass is 188 g/mol. The standard InChI is InChI=1S/C10H20OS/c1-2-8-12(11)9-10-6-4-3-5-7-10/h10H,2-9H2,1H3. The third kappa shape index (κ3) is 3.70. The van der Waals surface area contributed by atoms with Crippen molar-refractivity contribution >= 4 is 10.8 Å². The zero-order chi connectivity index (χ0) is 8.81. The van der Waals surface area contributed by atoms with Crippen molar-refractivity contribution in [3.05, 3.63) is 0 Å². The van der Waals surface area contributed by atoms with Crippen LogP contribution in [0.2, 0.25) is 0 Å². The summed E-state index contributed by atoms with van der Waals surface area (Å²) in [5, 5.41) is 0. The van der Waals surface area contributed by atoms with Crippen molar-refractivity contribution in [3.8, 4) is 0 Å². The van der Waals surface area contributed by atoms with Crippen LogP contribution in [0.15, 0.2) is 0 Å². The van der Waals surface area contributed by atoms with E-state index in [1.165, 1.54) is 32.1 Å². The van der Waals surface area contributed by atoms with Crippen molar-refractivity contribution in [2.24, 2.45) is 5.92 Å². The van der Waals surface area contributed by atoms with Crippen molar-refractivity contribution < 1.29 is 4.21 Å². The molecule has 0 N–H and O–H groups in total.